The Hall–Kier alpha value is -1.76. The van der Waals surface area contributed by atoms with E-state index >= 15 is 0 Å². The van der Waals surface area contributed by atoms with Crippen molar-refractivity contribution in [2.75, 3.05) is 48.4 Å². The Balaban J connectivity index is 1.65. The molecule has 25 heavy (non-hydrogen) atoms. The third-order valence-corrected chi connectivity index (χ3v) is 4.59. The van der Waals surface area contributed by atoms with E-state index in [0.29, 0.717) is 18.2 Å². The van der Waals surface area contributed by atoms with Crippen molar-refractivity contribution in [2.45, 2.75) is 0 Å². The van der Waals surface area contributed by atoms with Gasteiger partial charge in [-0.3, -0.25) is 4.79 Å². The molecule has 0 aromatic heterocycles. The topological polar surface area (TPSA) is 53.6 Å². The van der Waals surface area contributed by atoms with E-state index in [0.717, 1.165) is 34.6 Å². The summed E-state index contributed by atoms with van der Waals surface area (Å²) in [7, 11) is 0. The lowest BCUT2D eigenvalue weighted by atomic mass is 10.2. The fraction of sp³-hybridized carbons (Fsp3) is 0.278. The van der Waals surface area contributed by atoms with Gasteiger partial charge in [0.25, 0.3) is 0 Å². The summed E-state index contributed by atoms with van der Waals surface area (Å²) in [5, 5.41) is 6.70. The van der Waals surface area contributed by atoms with Crippen LogP contribution >= 0.6 is 27.5 Å². The van der Waals surface area contributed by atoms with Crippen LogP contribution in [0.1, 0.15) is 0 Å². The van der Waals surface area contributed by atoms with Crippen LogP contribution in [-0.4, -0.2) is 38.8 Å². The number of carbonyl (C=O) groups is 1. The molecule has 0 unspecified atom stereocenters. The summed E-state index contributed by atoms with van der Waals surface area (Å²) in [6.45, 7) is 3.20. The van der Waals surface area contributed by atoms with Crippen LogP contribution in [0.15, 0.2) is 46.9 Å². The number of halogens is 2. The highest BCUT2D eigenvalue weighted by atomic mass is 79.9. The van der Waals surface area contributed by atoms with E-state index < -0.39 is 0 Å². The number of anilines is 3. The number of rotatable bonds is 5. The first-order chi connectivity index (χ1) is 12.1. The monoisotopic (exact) mass is 423 g/mol. The second kappa shape index (κ2) is 8.56. The molecular weight excluding hydrogens is 406 g/mol. The van der Waals surface area contributed by atoms with Gasteiger partial charge >= 0.3 is 0 Å². The molecule has 1 amide bonds. The number of carbonyl (C=O) groups excluding carboxylic acids is 1. The van der Waals surface area contributed by atoms with Crippen molar-refractivity contribution in [3.05, 3.63) is 52.0 Å². The first kappa shape index (κ1) is 18.0. The van der Waals surface area contributed by atoms with Crippen molar-refractivity contribution >= 4 is 50.5 Å². The van der Waals surface area contributed by atoms with Gasteiger partial charge in [0.15, 0.2) is 0 Å². The van der Waals surface area contributed by atoms with Gasteiger partial charge in [0.2, 0.25) is 5.91 Å². The van der Waals surface area contributed by atoms with Crippen molar-refractivity contribution in [2.24, 2.45) is 0 Å². The molecule has 132 valence electrons. The highest BCUT2D eigenvalue weighted by Crippen LogP contribution is 2.29. The Kier molecular flexibility index (Phi) is 6.18. The molecule has 0 spiro atoms. The van der Waals surface area contributed by atoms with Crippen molar-refractivity contribution in [1.82, 2.24) is 0 Å². The molecule has 0 atom stereocenters. The summed E-state index contributed by atoms with van der Waals surface area (Å²) in [6, 6.07) is 13.2. The molecule has 0 bridgehead atoms. The van der Waals surface area contributed by atoms with Crippen LogP contribution in [0.5, 0.6) is 0 Å². The molecule has 1 fully saturated rings. The maximum Gasteiger partial charge on any atom is 0.243 e. The number of morpholine rings is 1. The number of hydrogen-bond donors (Lipinski definition) is 2. The molecule has 1 aliphatic heterocycles. The van der Waals surface area contributed by atoms with Crippen LogP contribution in [0, 0.1) is 0 Å². The molecule has 5 nitrogen and oxygen atoms in total. The fourth-order valence-corrected chi connectivity index (χ4v) is 3.25. The summed E-state index contributed by atoms with van der Waals surface area (Å²) in [5.74, 6) is -0.119. The maximum atomic E-state index is 12.2. The third-order valence-electron chi connectivity index (χ3n) is 3.86. The zero-order valence-corrected chi connectivity index (χ0v) is 15.9. The number of nitrogens with zero attached hydrogens (tertiary/aromatic N) is 1. The van der Waals surface area contributed by atoms with Crippen molar-refractivity contribution in [3.8, 4) is 0 Å². The number of hydrogen-bond acceptors (Lipinski definition) is 4. The van der Waals surface area contributed by atoms with Gasteiger partial charge in [-0.2, -0.15) is 0 Å². The van der Waals surface area contributed by atoms with Crippen LogP contribution < -0.4 is 15.5 Å². The van der Waals surface area contributed by atoms with E-state index in [1.54, 1.807) is 0 Å². The van der Waals surface area contributed by atoms with Gasteiger partial charge in [-0.1, -0.05) is 33.6 Å². The molecule has 7 heteroatoms. The predicted molar refractivity (Wildman–Crippen MR) is 106 cm³/mol. The molecular formula is C18H19BrClN3O2. The molecule has 1 heterocycles. The smallest absolute Gasteiger partial charge is 0.243 e. The lowest BCUT2D eigenvalue weighted by Gasteiger charge is -2.30. The van der Waals surface area contributed by atoms with Gasteiger partial charge in [-0.25, -0.2) is 0 Å². The van der Waals surface area contributed by atoms with Crippen LogP contribution in [0.25, 0.3) is 0 Å². The highest BCUT2D eigenvalue weighted by molar-refractivity contribution is 9.10. The average Bonchev–Trinajstić information content (AvgIpc) is 2.61. The Morgan fingerprint density at radius 2 is 2.00 bits per heavy atom. The molecule has 0 aliphatic carbocycles. The Morgan fingerprint density at radius 3 is 2.76 bits per heavy atom. The summed E-state index contributed by atoms with van der Waals surface area (Å²) >= 11 is 9.52. The molecule has 2 N–H and O–H groups in total. The molecule has 1 aliphatic rings. The van der Waals surface area contributed by atoms with Crippen molar-refractivity contribution in [1.29, 1.82) is 0 Å². The molecule has 2 aromatic carbocycles. The van der Waals surface area contributed by atoms with Gasteiger partial charge < -0.3 is 20.3 Å². The minimum absolute atomic E-state index is 0.119. The van der Waals surface area contributed by atoms with E-state index in [2.05, 4.69) is 31.5 Å². The Labute approximate surface area is 160 Å². The quantitative estimate of drug-likeness (QED) is 0.762. The summed E-state index contributed by atoms with van der Waals surface area (Å²) < 4.78 is 6.32. The molecule has 1 saturated heterocycles. The largest absolute Gasteiger partial charge is 0.378 e. The SMILES string of the molecule is O=C(CNc1cc(Cl)ccc1N1CCOCC1)Nc1cccc(Br)c1. The molecule has 0 saturated carbocycles. The molecule has 3 rings (SSSR count). The van der Waals surface area contributed by atoms with E-state index in [1.165, 1.54) is 0 Å². The zero-order chi connectivity index (χ0) is 17.6. The summed E-state index contributed by atoms with van der Waals surface area (Å²) in [4.78, 5) is 14.4. The van der Waals surface area contributed by atoms with Gasteiger partial charge in [0.1, 0.15) is 0 Å². The van der Waals surface area contributed by atoms with Crippen LogP contribution in [-0.2, 0) is 9.53 Å². The normalized spacial score (nSPS) is 14.2. The van der Waals surface area contributed by atoms with Gasteiger partial charge in [-0.15, -0.1) is 0 Å². The summed E-state index contributed by atoms with van der Waals surface area (Å²) in [5.41, 5.74) is 2.63. The van der Waals surface area contributed by atoms with Crippen LogP contribution in [0.3, 0.4) is 0 Å². The van der Waals surface area contributed by atoms with Gasteiger partial charge in [0, 0.05) is 28.3 Å². The molecule has 0 radical (unpaired) electrons. The fourth-order valence-electron chi connectivity index (χ4n) is 2.68. The number of benzene rings is 2. The molecule has 2 aromatic rings. The first-order valence-corrected chi connectivity index (χ1v) is 9.20. The Morgan fingerprint density at radius 1 is 1.20 bits per heavy atom. The third kappa shape index (κ3) is 5.11. The van der Waals surface area contributed by atoms with Gasteiger partial charge in [0.05, 0.1) is 31.1 Å². The number of ether oxygens (including phenoxy) is 1. The predicted octanol–water partition coefficient (Wildman–Crippen LogP) is 3.99. The zero-order valence-electron chi connectivity index (χ0n) is 13.6. The second-order valence-corrected chi connectivity index (χ2v) is 7.03. The minimum Gasteiger partial charge on any atom is -0.378 e. The van der Waals surface area contributed by atoms with E-state index in [4.69, 9.17) is 16.3 Å². The number of amides is 1. The average molecular weight is 425 g/mol. The van der Waals surface area contributed by atoms with Crippen molar-refractivity contribution in [3.63, 3.8) is 0 Å². The van der Waals surface area contributed by atoms with Crippen LogP contribution in [0.2, 0.25) is 5.02 Å². The van der Waals surface area contributed by atoms with Crippen LogP contribution in [0.4, 0.5) is 17.1 Å². The van der Waals surface area contributed by atoms with Crippen molar-refractivity contribution < 1.29 is 9.53 Å². The van der Waals surface area contributed by atoms with E-state index in [-0.39, 0.29) is 12.5 Å². The lowest BCUT2D eigenvalue weighted by molar-refractivity contribution is -0.114. The van der Waals surface area contributed by atoms with E-state index in [9.17, 15) is 4.79 Å². The first-order valence-electron chi connectivity index (χ1n) is 8.03. The van der Waals surface area contributed by atoms with Gasteiger partial charge in [-0.05, 0) is 36.4 Å². The second-order valence-electron chi connectivity index (χ2n) is 5.67. The summed E-state index contributed by atoms with van der Waals surface area (Å²) in [6.07, 6.45) is 0. The lowest BCUT2D eigenvalue weighted by Crippen LogP contribution is -2.36. The standard InChI is InChI=1S/C18H19BrClN3O2/c19-13-2-1-3-15(10-13)22-18(24)12-21-16-11-14(20)4-5-17(16)23-6-8-25-9-7-23/h1-5,10-11,21H,6-9,12H2,(H,22,24). The Bertz CT molecular complexity index is 751. The number of nitrogens with one attached hydrogen (secondary N) is 2. The maximum absolute atomic E-state index is 12.2. The highest BCUT2D eigenvalue weighted by Gasteiger charge is 2.15. The minimum atomic E-state index is -0.119. The van der Waals surface area contributed by atoms with E-state index in [1.807, 2.05) is 42.5 Å².